The molecule has 88 valence electrons. The first-order valence-electron chi connectivity index (χ1n) is 5.69. The minimum Gasteiger partial charge on any atom is -0.338 e. The molecule has 1 rings (SSSR count). The summed E-state index contributed by atoms with van der Waals surface area (Å²) in [5.41, 5.74) is 1.26. The molecule has 1 atom stereocenters. The van der Waals surface area contributed by atoms with Gasteiger partial charge in [-0.15, -0.1) is 0 Å². The second kappa shape index (κ2) is 6.16. The van der Waals surface area contributed by atoms with E-state index in [0.29, 0.717) is 6.54 Å². The lowest BCUT2D eigenvalue weighted by Crippen LogP contribution is -2.43. The van der Waals surface area contributed by atoms with E-state index < -0.39 is 0 Å². The van der Waals surface area contributed by atoms with E-state index in [2.05, 4.69) is 24.4 Å². The second-order valence-electron chi connectivity index (χ2n) is 3.99. The summed E-state index contributed by atoms with van der Waals surface area (Å²) in [7, 11) is 1.83. The fourth-order valence-corrected chi connectivity index (χ4v) is 1.57. The molecule has 0 aromatic heterocycles. The van der Waals surface area contributed by atoms with Crippen LogP contribution in [0, 0.1) is 0 Å². The molecule has 0 fully saturated rings. The van der Waals surface area contributed by atoms with E-state index in [1.165, 1.54) is 5.56 Å². The molecule has 1 aromatic carbocycles. The van der Waals surface area contributed by atoms with Gasteiger partial charge in [0.05, 0.1) is 0 Å². The SMILES string of the molecule is CCNC(=O)N(C)[C@H](C)Cc1ccccc1. The number of hydrogen-bond donors (Lipinski definition) is 1. The van der Waals surface area contributed by atoms with Gasteiger partial charge in [0.2, 0.25) is 0 Å². The van der Waals surface area contributed by atoms with Crippen LogP contribution in [-0.4, -0.2) is 30.6 Å². The lowest BCUT2D eigenvalue weighted by molar-refractivity contribution is 0.194. The van der Waals surface area contributed by atoms with Gasteiger partial charge in [0.15, 0.2) is 0 Å². The highest BCUT2D eigenvalue weighted by atomic mass is 16.2. The van der Waals surface area contributed by atoms with Crippen LogP contribution in [0.2, 0.25) is 0 Å². The van der Waals surface area contributed by atoms with Crippen LogP contribution in [-0.2, 0) is 6.42 Å². The van der Waals surface area contributed by atoms with Crippen molar-refractivity contribution in [1.29, 1.82) is 0 Å². The third kappa shape index (κ3) is 3.57. The molecule has 3 nitrogen and oxygen atoms in total. The Morgan fingerprint density at radius 2 is 2.00 bits per heavy atom. The summed E-state index contributed by atoms with van der Waals surface area (Å²) >= 11 is 0. The van der Waals surface area contributed by atoms with Gasteiger partial charge < -0.3 is 10.2 Å². The molecule has 1 aromatic rings. The minimum absolute atomic E-state index is 0.00840. The number of carbonyl (C=O) groups is 1. The van der Waals surface area contributed by atoms with E-state index >= 15 is 0 Å². The lowest BCUT2D eigenvalue weighted by Gasteiger charge is -2.25. The van der Waals surface area contributed by atoms with Crippen LogP contribution in [0.15, 0.2) is 30.3 Å². The molecule has 0 saturated heterocycles. The highest BCUT2D eigenvalue weighted by molar-refractivity contribution is 5.74. The number of hydrogen-bond acceptors (Lipinski definition) is 1. The van der Waals surface area contributed by atoms with E-state index in [-0.39, 0.29) is 12.1 Å². The molecular weight excluding hydrogens is 200 g/mol. The van der Waals surface area contributed by atoms with Crippen LogP contribution in [0.25, 0.3) is 0 Å². The molecule has 0 bridgehead atoms. The normalized spacial score (nSPS) is 11.9. The van der Waals surface area contributed by atoms with Crippen molar-refractivity contribution >= 4 is 6.03 Å². The van der Waals surface area contributed by atoms with Crippen molar-refractivity contribution in [3.63, 3.8) is 0 Å². The molecule has 0 unspecified atom stereocenters. The van der Waals surface area contributed by atoms with Gasteiger partial charge in [-0.25, -0.2) is 4.79 Å². The average molecular weight is 220 g/mol. The van der Waals surface area contributed by atoms with Crippen molar-refractivity contribution in [1.82, 2.24) is 10.2 Å². The highest BCUT2D eigenvalue weighted by Gasteiger charge is 2.14. The fourth-order valence-electron chi connectivity index (χ4n) is 1.57. The predicted molar refractivity (Wildman–Crippen MR) is 66.4 cm³/mol. The Morgan fingerprint density at radius 1 is 1.38 bits per heavy atom. The monoisotopic (exact) mass is 220 g/mol. The molecule has 16 heavy (non-hydrogen) atoms. The van der Waals surface area contributed by atoms with E-state index in [0.717, 1.165) is 6.42 Å². The number of carbonyl (C=O) groups excluding carboxylic acids is 1. The summed E-state index contributed by atoms with van der Waals surface area (Å²) in [6.45, 7) is 4.65. The maximum Gasteiger partial charge on any atom is 0.317 e. The van der Waals surface area contributed by atoms with E-state index in [9.17, 15) is 4.79 Å². The van der Waals surface area contributed by atoms with Crippen molar-refractivity contribution in [2.75, 3.05) is 13.6 Å². The first-order valence-corrected chi connectivity index (χ1v) is 5.69. The quantitative estimate of drug-likeness (QED) is 0.829. The standard InChI is InChI=1S/C13H20N2O/c1-4-14-13(16)15(3)11(2)10-12-8-6-5-7-9-12/h5-9,11H,4,10H2,1-3H3,(H,14,16)/t11-/m1/s1. The smallest absolute Gasteiger partial charge is 0.317 e. The summed E-state index contributed by atoms with van der Waals surface area (Å²) in [6.07, 6.45) is 0.883. The molecule has 0 aliphatic rings. The van der Waals surface area contributed by atoms with Gasteiger partial charge in [-0.05, 0) is 25.8 Å². The van der Waals surface area contributed by atoms with Gasteiger partial charge >= 0.3 is 6.03 Å². The number of likely N-dealkylation sites (N-methyl/N-ethyl adjacent to an activating group) is 1. The largest absolute Gasteiger partial charge is 0.338 e. The topological polar surface area (TPSA) is 32.3 Å². The summed E-state index contributed by atoms with van der Waals surface area (Å²) in [4.78, 5) is 13.3. The number of rotatable bonds is 4. The van der Waals surface area contributed by atoms with Crippen LogP contribution in [0.3, 0.4) is 0 Å². The zero-order chi connectivity index (χ0) is 12.0. The Morgan fingerprint density at radius 3 is 2.56 bits per heavy atom. The number of amides is 2. The van der Waals surface area contributed by atoms with E-state index in [4.69, 9.17) is 0 Å². The summed E-state index contributed by atoms with van der Waals surface area (Å²) < 4.78 is 0. The van der Waals surface area contributed by atoms with Gasteiger partial charge in [-0.1, -0.05) is 30.3 Å². The first kappa shape index (κ1) is 12.6. The van der Waals surface area contributed by atoms with Crippen LogP contribution in [0.1, 0.15) is 19.4 Å². The third-order valence-corrected chi connectivity index (χ3v) is 2.68. The minimum atomic E-state index is -0.00840. The Hall–Kier alpha value is -1.51. The lowest BCUT2D eigenvalue weighted by atomic mass is 10.1. The molecule has 1 N–H and O–H groups in total. The zero-order valence-corrected chi connectivity index (χ0v) is 10.2. The summed E-state index contributed by atoms with van der Waals surface area (Å²) in [6, 6.07) is 10.4. The molecule has 0 radical (unpaired) electrons. The Bertz CT molecular complexity index is 324. The van der Waals surface area contributed by atoms with E-state index in [1.54, 1.807) is 4.90 Å². The molecule has 3 heteroatoms. The third-order valence-electron chi connectivity index (χ3n) is 2.68. The number of urea groups is 1. The highest BCUT2D eigenvalue weighted by Crippen LogP contribution is 2.07. The number of nitrogens with zero attached hydrogens (tertiary/aromatic N) is 1. The first-order chi connectivity index (χ1) is 7.65. The van der Waals surface area contributed by atoms with Gasteiger partial charge in [0, 0.05) is 19.6 Å². The van der Waals surface area contributed by atoms with Crippen molar-refractivity contribution in [2.24, 2.45) is 0 Å². The molecule has 0 aliphatic carbocycles. The Balaban J connectivity index is 2.52. The number of nitrogens with one attached hydrogen (secondary N) is 1. The second-order valence-corrected chi connectivity index (χ2v) is 3.99. The van der Waals surface area contributed by atoms with E-state index in [1.807, 2.05) is 32.2 Å². The van der Waals surface area contributed by atoms with Crippen LogP contribution in [0.4, 0.5) is 4.79 Å². The van der Waals surface area contributed by atoms with Crippen LogP contribution < -0.4 is 5.32 Å². The molecule has 0 aliphatic heterocycles. The maximum atomic E-state index is 11.6. The molecule has 0 saturated carbocycles. The molecule has 2 amide bonds. The Labute approximate surface area is 97.5 Å². The maximum absolute atomic E-state index is 11.6. The molecular formula is C13H20N2O. The van der Waals surface area contributed by atoms with Crippen LogP contribution >= 0.6 is 0 Å². The number of benzene rings is 1. The summed E-state index contributed by atoms with van der Waals surface area (Å²) in [5.74, 6) is 0. The van der Waals surface area contributed by atoms with Crippen molar-refractivity contribution in [3.05, 3.63) is 35.9 Å². The Kier molecular flexibility index (Phi) is 4.83. The van der Waals surface area contributed by atoms with Crippen molar-refractivity contribution in [2.45, 2.75) is 26.3 Å². The van der Waals surface area contributed by atoms with Crippen molar-refractivity contribution in [3.8, 4) is 0 Å². The average Bonchev–Trinajstić information content (AvgIpc) is 2.29. The predicted octanol–water partition coefficient (Wildman–Crippen LogP) is 2.28. The van der Waals surface area contributed by atoms with Gasteiger partial charge in [-0.3, -0.25) is 0 Å². The van der Waals surface area contributed by atoms with Gasteiger partial charge in [0.1, 0.15) is 0 Å². The zero-order valence-electron chi connectivity index (χ0n) is 10.2. The molecule has 0 heterocycles. The fraction of sp³-hybridized carbons (Fsp3) is 0.462. The summed E-state index contributed by atoms with van der Waals surface area (Å²) in [5, 5.41) is 2.80. The van der Waals surface area contributed by atoms with Crippen LogP contribution in [0.5, 0.6) is 0 Å². The van der Waals surface area contributed by atoms with Gasteiger partial charge in [0.25, 0.3) is 0 Å². The van der Waals surface area contributed by atoms with Gasteiger partial charge in [-0.2, -0.15) is 0 Å². The molecule has 0 spiro atoms. The van der Waals surface area contributed by atoms with Crippen molar-refractivity contribution < 1.29 is 4.79 Å².